The minimum absolute atomic E-state index is 0. The van der Waals surface area contributed by atoms with Crippen LogP contribution in [0.5, 0.6) is 17.2 Å². The highest BCUT2D eigenvalue weighted by atomic mass is 35.5. The summed E-state index contributed by atoms with van der Waals surface area (Å²) in [5, 5.41) is 14.0. The summed E-state index contributed by atoms with van der Waals surface area (Å²) in [7, 11) is 0. The number of halogens is 1. The predicted molar refractivity (Wildman–Crippen MR) is 125 cm³/mol. The third-order valence-corrected chi connectivity index (χ3v) is 6.05. The summed E-state index contributed by atoms with van der Waals surface area (Å²) in [6.07, 6.45) is 3.47. The third-order valence-electron chi connectivity index (χ3n) is 6.05. The molecule has 0 aromatic heterocycles. The second kappa shape index (κ2) is 9.73. The fourth-order valence-corrected chi connectivity index (χ4v) is 4.41. The van der Waals surface area contributed by atoms with Crippen molar-refractivity contribution in [2.45, 2.75) is 37.8 Å². The van der Waals surface area contributed by atoms with Crippen LogP contribution in [0.4, 0.5) is 0 Å². The van der Waals surface area contributed by atoms with Gasteiger partial charge in [0.2, 0.25) is 0 Å². The van der Waals surface area contributed by atoms with Gasteiger partial charge in [0.15, 0.2) is 11.5 Å². The minimum Gasteiger partial charge on any atom is -0.487 e. The van der Waals surface area contributed by atoms with E-state index >= 15 is 0 Å². The molecule has 1 aliphatic carbocycles. The maximum Gasteiger partial charge on any atom is 0.172 e. The highest BCUT2D eigenvalue weighted by molar-refractivity contribution is 5.85. The molecule has 0 amide bonds. The molecule has 4 nitrogen and oxygen atoms in total. The first-order chi connectivity index (χ1) is 14.8. The second-order valence-corrected chi connectivity index (χ2v) is 8.21. The van der Waals surface area contributed by atoms with Crippen molar-refractivity contribution in [3.63, 3.8) is 0 Å². The van der Waals surface area contributed by atoms with Crippen molar-refractivity contribution in [1.82, 2.24) is 5.32 Å². The van der Waals surface area contributed by atoms with Crippen LogP contribution in [0.25, 0.3) is 0 Å². The molecule has 5 heteroatoms. The maximum atomic E-state index is 10.5. The number of ether oxygens (including phenoxy) is 2. The van der Waals surface area contributed by atoms with Gasteiger partial charge in [-0.15, -0.1) is 12.4 Å². The molecule has 1 heterocycles. The summed E-state index contributed by atoms with van der Waals surface area (Å²) in [6, 6.07) is 23.1. The Morgan fingerprint density at radius 1 is 0.935 bits per heavy atom. The van der Waals surface area contributed by atoms with E-state index in [1.807, 2.05) is 30.3 Å². The first-order valence-electron chi connectivity index (χ1n) is 10.7. The monoisotopic (exact) mass is 437 g/mol. The summed E-state index contributed by atoms with van der Waals surface area (Å²) < 4.78 is 12.1. The molecule has 3 aromatic rings. The van der Waals surface area contributed by atoms with Gasteiger partial charge in [0.1, 0.15) is 18.5 Å². The Bertz CT molecular complexity index is 1040. The molecule has 0 saturated heterocycles. The first kappa shape index (κ1) is 21.7. The summed E-state index contributed by atoms with van der Waals surface area (Å²) in [4.78, 5) is 0. The zero-order valence-electron chi connectivity index (χ0n) is 17.4. The molecule has 2 atom stereocenters. The van der Waals surface area contributed by atoms with Gasteiger partial charge in [-0.2, -0.15) is 0 Å². The largest absolute Gasteiger partial charge is 0.487 e. The Hall–Kier alpha value is -2.53. The van der Waals surface area contributed by atoms with Crippen molar-refractivity contribution < 1.29 is 14.6 Å². The average Bonchev–Trinajstić information content (AvgIpc) is 2.80. The number of fused-ring (bicyclic) bond motifs is 3. The summed E-state index contributed by atoms with van der Waals surface area (Å²) in [5.41, 5.74) is 5.16. The van der Waals surface area contributed by atoms with E-state index in [2.05, 4.69) is 41.7 Å². The van der Waals surface area contributed by atoms with E-state index in [0.29, 0.717) is 18.3 Å². The Morgan fingerprint density at radius 2 is 1.68 bits per heavy atom. The van der Waals surface area contributed by atoms with Crippen LogP contribution in [-0.2, 0) is 19.3 Å². The zero-order chi connectivity index (χ0) is 20.3. The Kier molecular flexibility index (Phi) is 6.81. The van der Waals surface area contributed by atoms with E-state index in [9.17, 15) is 5.11 Å². The number of nitrogens with one attached hydrogen (secondary N) is 1. The highest BCUT2D eigenvalue weighted by Gasteiger charge is 2.22. The summed E-state index contributed by atoms with van der Waals surface area (Å²) >= 11 is 0. The van der Waals surface area contributed by atoms with Crippen molar-refractivity contribution >= 4 is 12.4 Å². The van der Waals surface area contributed by atoms with Crippen molar-refractivity contribution in [3.8, 4) is 17.2 Å². The van der Waals surface area contributed by atoms with Gasteiger partial charge in [-0.3, -0.25) is 0 Å². The molecule has 1 aliphatic heterocycles. The van der Waals surface area contributed by atoms with E-state index in [-0.39, 0.29) is 19.0 Å². The predicted octanol–water partition coefficient (Wildman–Crippen LogP) is 4.69. The standard InChI is InChI=1S/C26H27NO3.ClH/c28-23(16-27-22-13-12-18-6-1-2-7-19(18)15-22)17-29-25-11-5-9-21-14-20-8-3-4-10-24(20)30-26(21)25;/h1-11,22-23,27-28H,12-17H2;1H. The molecule has 0 bridgehead atoms. The molecule has 31 heavy (non-hydrogen) atoms. The zero-order valence-corrected chi connectivity index (χ0v) is 18.2. The lowest BCUT2D eigenvalue weighted by molar-refractivity contribution is 0.101. The topological polar surface area (TPSA) is 50.7 Å². The fraction of sp³-hybridized carbons (Fsp3) is 0.308. The van der Waals surface area contributed by atoms with Crippen LogP contribution in [0.2, 0.25) is 0 Å². The molecule has 162 valence electrons. The van der Waals surface area contributed by atoms with Gasteiger partial charge >= 0.3 is 0 Å². The minimum atomic E-state index is -0.575. The van der Waals surface area contributed by atoms with Crippen LogP contribution in [0.1, 0.15) is 28.7 Å². The smallest absolute Gasteiger partial charge is 0.172 e. The van der Waals surface area contributed by atoms with Gasteiger partial charge in [0.25, 0.3) is 0 Å². The van der Waals surface area contributed by atoms with Gasteiger partial charge in [0, 0.05) is 24.6 Å². The van der Waals surface area contributed by atoms with Crippen LogP contribution < -0.4 is 14.8 Å². The van der Waals surface area contributed by atoms with Crippen LogP contribution in [0, 0.1) is 0 Å². The second-order valence-electron chi connectivity index (χ2n) is 8.21. The van der Waals surface area contributed by atoms with Crippen LogP contribution in [-0.4, -0.2) is 30.4 Å². The lowest BCUT2D eigenvalue weighted by Crippen LogP contribution is -2.40. The molecule has 0 radical (unpaired) electrons. The Labute approximate surface area is 189 Å². The number of aliphatic hydroxyl groups excluding tert-OH is 1. The van der Waals surface area contributed by atoms with Crippen molar-refractivity contribution in [2.75, 3.05) is 13.2 Å². The molecule has 0 spiro atoms. The molecular formula is C26H28ClNO3. The number of aryl methyl sites for hydroxylation is 1. The van der Waals surface area contributed by atoms with E-state index in [1.165, 1.54) is 16.7 Å². The fourth-order valence-electron chi connectivity index (χ4n) is 4.41. The maximum absolute atomic E-state index is 10.5. The van der Waals surface area contributed by atoms with Gasteiger partial charge in [-0.25, -0.2) is 0 Å². The van der Waals surface area contributed by atoms with Crippen molar-refractivity contribution in [1.29, 1.82) is 0 Å². The molecule has 0 saturated carbocycles. The number of benzene rings is 3. The first-order valence-corrected chi connectivity index (χ1v) is 10.7. The number of aliphatic hydroxyl groups is 1. The van der Waals surface area contributed by atoms with Crippen molar-refractivity contribution in [2.24, 2.45) is 0 Å². The van der Waals surface area contributed by atoms with Crippen LogP contribution >= 0.6 is 12.4 Å². The van der Waals surface area contributed by atoms with Gasteiger partial charge in [-0.1, -0.05) is 54.6 Å². The van der Waals surface area contributed by atoms with Gasteiger partial charge < -0.3 is 19.9 Å². The van der Waals surface area contributed by atoms with E-state index in [1.54, 1.807) is 0 Å². The lowest BCUT2D eigenvalue weighted by Gasteiger charge is -2.27. The molecule has 2 unspecified atom stereocenters. The molecule has 5 rings (SSSR count). The Morgan fingerprint density at radius 3 is 2.55 bits per heavy atom. The lowest BCUT2D eigenvalue weighted by atomic mass is 9.88. The van der Waals surface area contributed by atoms with Gasteiger partial charge in [0.05, 0.1) is 0 Å². The van der Waals surface area contributed by atoms with E-state index < -0.39 is 6.10 Å². The molecule has 3 aromatic carbocycles. The third kappa shape index (κ3) is 4.87. The molecule has 0 fully saturated rings. The number of hydrogen-bond acceptors (Lipinski definition) is 4. The molecule has 2 N–H and O–H groups in total. The highest BCUT2D eigenvalue weighted by Crippen LogP contribution is 2.42. The number of rotatable bonds is 6. The molecular weight excluding hydrogens is 410 g/mol. The van der Waals surface area contributed by atoms with Crippen molar-refractivity contribution in [3.05, 3.63) is 89.0 Å². The van der Waals surface area contributed by atoms with Crippen LogP contribution in [0.15, 0.2) is 66.7 Å². The van der Waals surface area contributed by atoms with Gasteiger partial charge in [-0.05, 0) is 48.1 Å². The quantitative estimate of drug-likeness (QED) is 0.459. The average molecular weight is 438 g/mol. The number of hydrogen-bond donors (Lipinski definition) is 2. The molecule has 2 aliphatic rings. The summed E-state index contributed by atoms with van der Waals surface area (Å²) in [5.74, 6) is 2.33. The Balaban J connectivity index is 0.00000231. The van der Waals surface area contributed by atoms with E-state index in [0.717, 1.165) is 42.7 Å². The number of para-hydroxylation sites is 2. The summed E-state index contributed by atoms with van der Waals surface area (Å²) in [6.45, 7) is 0.753. The van der Waals surface area contributed by atoms with E-state index in [4.69, 9.17) is 9.47 Å². The normalized spacial score (nSPS) is 17.3. The van der Waals surface area contributed by atoms with Crippen LogP contribution in [0.3, 0.4) is 0 Å². The SMILES string of the molecule is Cl.OC(CNC1CCc2ccccc2C1)COc1cccc2c1Oc1ccccc1C2.